The maximum absolute atomic E-state index is 9.31. The van der Waals surface area contributed by atoms with E-state index in [1.165, 1.54) is 6.42 Å². The van der Waals surface area contributed by atoms with E-state index in [-0.39, 0.29) is 152 Å². The van der Waals surface area contributed by atoms with Crippen LogP contribution >= 0.6 is 0 Å². The van der Waals surface area contributed by atoms with Gasteiger partial charge in [0.1, 0.15) is 0 Å². The second-order valence-corrected chi connectivity index (χ2v) is 13.3. The van der Waals surface area contributed by atoms with Gasteiger partial charge in [0.2, 0.25) is 0 Å². The second-order valence-electron chi connectivity index (χ2n) is 13.3. The monoisotopic (exact) mass is 1560 g/mol. The summed E-state index contributed by atoms with van der Waals surface area (Å²) in [6, 6.07) is 0. The summed E-state index contributed by atoms with van der Waals surface area (Å²) in [4.78, 5) is 9.31. The normalized spacial score (nSPS) is 19.5. The molecule has 0 aliphatic carbocycles. The largest absolute Gasteiger partial charge is 0.488 e. The average Bonchev–Trinajstić information content (AvgIpc) is 3.29. The molecule has 0 atom stereocenters. The standard InChI is InChI=1S/C12H24B2O4.C7H14BO2.C3H5O2.C3H8.C3H7.C2H5.CH4BO2.5W/c1-9(2)10(3,4)16-13(15-9)14-17-11(5,6)12(7,8)18-14;1-6(2)7(3,4)10-8(5)9-6;1-2-3(4)5;2*1-3-2;1-2;1-2(3)4;;;;;/h1-8H3;5H2,1-4H3;1-2H2,(H,4,5);3H2,1-2H3;1,3H2,2H3;1H2,2H3;3-4H,1H2;;;;;/q;2*-1;;3*-1;;;;;. The van der Waals surface area contributed by atoms with Gasteiger partial charge < -0.3 is 77.5 Å². The number of carboxylic acid groups (broad SMARTS) is 1. The number of carboxylic acids is 1. The Labute approximate surface area is 381 Å². The number of aliphatic carboxylic acids is 1. The molecule has 0 bridgehead atoms. The van der Waals surface area contributed by atoms with E-state index in [2.05, 4.69) is 48.3 Å². The van der Waals surface area contributed by atoms with E-state index in [9.17, 15) is 4.79 Å². The molecule has 298 valence electrons. The van der Waals surface area contributed by atoms with Crippen molar-refractivity contribution in [1.29, 1.82) is 0 Å². The van der Waals surface area contributed by atoms with Crippen LogP contribution in [-0.2, 0) is 138 Å². The maximum atomic E-state index is 9.31. The van der Waals surface area contributed by atoms with Gasteiger partial charge in [0.25, 0.3) is 20.2 Å². The van der Waals surface area contributed by atoms with Crippen LogP contribution in [-0.4, -0.2) is 83.0 Å². The van der Waals surface area contributed by atoms with Gasteiger partial charge in [-0.2, -0.15) is 13.3 Å². The zero-order chi connectivity index (χ0) is 37.3. The van der Waals surface area contributed by atoms with Gasteiger partial charge in [0.15, 0.2) is 0 Å². The molecule has 10 nitrogen and oxygen atoms in total. The zero-order valence-corrected chi connectivity index (χ0v) is 48.4. The fourth-order valence-electron chi connectivity index (χ4n) is 2.96. The molecule has 3 aliphatic heterocycles. The Morgan fingerprint density at radius 2 is 0.700 bits per heavy atom. The molecule has 0 aromatic heterocycles. The maximum Gasteiger partial charge on any atom is 0.488 e. The topological polar surface area (TPSA) is 133 Å². The van der Waals surface area contributed by atoms with Crippen LogP contribution in [0.2, 0.25) is 0 Å². The van der Waals surface area contributed by atoms with Crippen molar-refractivity contribution in [1.82, 2.24) is 0 Å². The molecular weight excluding hydrogens is 1490 g/mol. The molecule has 3 N–H and O–H groups in total. The van der Waals surface area contributed by atoms with E-state index >= 15 is 0 Å². The summed E-state index contributed by atoms with van der Waals surface area (Å²) in [5.41, 5.74) is -1.89. The Morgan fingerprint density at radius 1 is 0.580 bits per heavy atom. The van der Waals surface area contributed by atoms with Crippen LogP contribution in [0.1, 0.15) is 130 Å². The Bertz CT molecular complexity index is 712. The Balaban J connectivity index is -0.0000000647. The zero-order valence-electron chi connectivity index (χ0n) is 33.7. The van der Waals surface area contributed by atoms with Gasteiger partial charge in [-0.3, -0.25) is 4.79 Å². The first-order valence-electron chi connectivity index (χ1n) is 15.7. The second kappa shape index (κ2) is 33.9. The molecule has 0 saturated carbocycles. The molecule has 50 heavy (non-hydrogen) atoms. The molecule has 0 spiro atoms. The van der Waals surface area contributed by atoms with E-state index in [1.54, 1.807) is 6.92 Å². The van der Waals surface area contributed by atoms with Crippen molar-refractivity contribution in [3.63, 3.8) is 0 Å². The minimum absolute atomic E-state index is 0. The predicted molar refractivity (Wildman–Crippen MR) is 189 cm³/mol. The molecule has 3 aliphatic rings. The Hall–Kier alpha value is 2.85. The van der Waals surface area contributed by atoms with E-state index in [1.807, 2.05) is 90.0 Å². The van der Waals surface area contributed by atoms with Crippen molar-refractivity contribution in [2.45, 2.75) is 164 Å². The van der Waals surface area contributed by atoms with Crippen LogP contribution in [0.25, 0.3) is 0 Å². The summed E-state index contributed by atoms with van der Waals surface area (Å²) in [7, 11) is -2.68. The average molecular weight is 1560 g/mol. The van der Waals surface area contributed by atoms with Crippen LogP contribution in [0.4, 0.5) is 0 Å². The SMILES string of the molecule is CC1(C)OB(B2OC(C)(C)C(C)(C)O2)OC1(C)C.CCC.[CH2-]B(O)O.[CH2-]B1OC(C)(C)C(C)(C)O1.[CH2-]C.[CH2-]CC.[CH2-]CC(=O)O.[W].[W].[W].[W].[W]. The molecule has 19 heteroatoms. The summed E-state index contributed by atoms with van der Waals surface area (Å²) < 4.78 is 34.7. The summed E-state index contributed by atoms with van der Waals surface area (Å²) >= 11 is 0. The minimum atomic E-state index is -1.42. The minimum Gasteiger partial charge on any atom is -0.483 e. The first-order chi connectivity index (χ1) is 20.1. The van der Waals surface area contributed by atoms with E-state index in [0.29, 0.717) is 0 Å². The van der Waals surface area contributed by atoms with Crippen LogP contribution in [0.3, 0.4) is 0 Å². The van der Waals surface area contributed by atoms with Gasteiger partial charge in [-0.05, 0) is 83.1 Å². The number of hydrogen-bond donors (Lipinski definition) is 3. The van der Waals surface area contributed by atoms with Crippen molar-refractivity contribution in [3.05, 3.63) is 34.4 Å². The van der Waals surface area contributed by atoms with Crippen molar-refractivity contribution in [2.75, 3.05) is 0 Å². The van der Waals surface area contributed by atoms with Gasteiger partial charge in [-0.15, -0.1) is 0 Å². The summed E-state index contributed by atoms with van der Waals surface area (Å²) in [6.45, 7) is 48.5. The molecule has 0 amide bonds. The summed E-state index contributed by atoms with van der Waals surface area (Å²) in [6.07, 6.45) is 2.22. The third kappa shape index (κ3) is 29.1. The number of hydrogen-bond acceptors (Lipinski definition) is 9. The van der Waals surface area contributed by atoms with Crippen molar-refractivity contribution in [3.8, 4) is 0 Å². The summed E-state index contributed by atoms with van der Waals surface area (Å²) in [5.74, 6) is -0.856. The van der Waals surface area contributed by atoms with Gasteiger partial charge in [-0.25, -0.2) is 0 Å². The van der Waals surface area contributed by atoms with E-state index < -0.39 is 27.1 Å². The Kier molecular flexibility index (Phi) is 50.2. The molecule has 3 fully saturated rings. The molecule has 0 radical (unpaired) electrons. The quantitative estimate of drug-likeness (QED) is 0.214. The third-order valence-corrected chi connectivity index (χ3v) is 7.28. The molecule has 0 aromatic carbocycles. The van der Waals surface area contributed by atoms with E-state index in [4.69, 9.17) is 43.1 Å². The van der Waals surface area contributed by atoms with Crippen LogP contribution < -0.4 is 0 Å². The van der Waals surface area contributed by atoms with Crippen molar-refractivity contribution >= 4 is 34.2 Å². The smallest absolute Gasteiger partial charge is 0.483 e. The molecule has 0 aromatic rings. The number of rotatable bonds is 2. The fraction of sp³-hybridized carbons (Fsp3) is 0.806. The third-order valence-electron chi connectivity index (χ3n) is 7.28. The van der Waals surface area contributed by atoms with Gasteiger partial charge in [0, 0.05) is 105 Å². The van der Waals surface area contributed by atoms with Crippen LogP contribution in [0, 0.1) is 34.4 Å². The van der Waals surface area contributed by atoms with Gasteiger partial charge in [-0.1, -0.05) is 33.6 Å². The van der Waals surface area contributed by atoms with Crippen molar-refractivity contribution in [2.24, 2.45) is 0 Å². The van der Waals surface area contributed by atoms with Gasteiger partial charge >= 0.3 is 14.0 Å². The molecule has 3 rings (SSSR count). The first-order valence-corrected chi connectivity index (χ1v) is 15.7. The molecule has 3 saturated heterocycles. The number of carbonyl (C=O) groups is 1. The fourth-order valence-corrected chi connectivity index (χ4v) is 2.96. The molecule has 3 heterocycles. The van der Waals surface area contributed by atoms with Gasteiger partial charge in [0.05, 0.1) is 33.6 Å². The first kappa shape index (κ1) is 73.9. The summed E-state index contributed by atoms with van der Waals surface area (Å²) in [5, 5.41) is 22.7. The van der Waals surface area contributed by atoms with Crippen molar-refractivity contribution < 1.29 is 153 Å². The molecular formula is C31H67B4O10W5-5. The Morgan fingerprint density at radius 3 is 0.780 bits per heavy atom. The molecule has 0 unspecified atom stereocenters. The predicted octanol–water partition coefficient (Wildman–Crippen LogP) is 6.30. The van der Waals surface area contributed by atoms with E-state index in [0.717, 1.165) is 6.42 Å². The van der Waals surface area contributed by atoms with Crippen LogP contribution in [0.5, 0.6) is 0 Å². The van der Waals surface area contributed by atoms with Crippen LogP contribution in [0.15, 0.2) is 0 Å².